The number of carbonyl (C=O) groups excluding carboxylic acids is 1. The minimum atomic E-state index is -0.0210. The van der Waals surface area contributed by atoms with E-state index >= 15 is 0 Å². The van der Waals surface area contributed by atoms with Crippen molar-refractivity contribution in [2.75, 3.05) is 42.5 Å². The highest BCUT2D eigenvalue weighted by Crippen LogP contribution is 2.20. The number of carbonyl (C=O) groups is 1. The van der Waals surface area contributed by atoms with Crippen molar-refractivity contribution in [3.8, 4) is 0 Å². The van der Waals surface area contributed by atoms with Crippen LogP contribution in [0.3, 0.4) is 0 Å². The van der Waals surface area contributed by atoms with Crippen LogP contribution in [0.15, 0.2) is 0 Å². The van der Waals surface area contributed by atoms with Gasteiger partial charge in [-0.05, 0) is 30.9 Å². The minimum Gasteiger partial charge on any atom is -0.353 e. The lowest BCUT2D eigenvalue weighted by molar-refractivity contribution is -0.120. The van der Waals surface area contributed by atoms with Gasteiger partial charge in [0.15, 0.2) is 0 Å². The standard InChI is InChI=1S/C12H17ClN6O/c13-10-15-11(18-5-2-1-3-6-18)17-12(16-10)19-7-4-14-9(20)8-19/h1-8H2,(H,14,20). The van der Waals surface area contributed by atoms with Gasteiger partial charge in [0.2, 0.25) is 23.1 Å². The van der Waals surface area contributed by atoms with E-state index in [1.165, 1.54) is 6.42 Å². The quantitative estimate of drug-likeness (QED) is 0.854. The highest BCUT2D eigenvalue weighted by molar-refractivity contribution is 6.28. The number of aromatic nitrogens is 3. The summed E-state index contributed by atoms with van der Waals surface area (Å²) in [6.45, 7) is 3.44. The van der Waals surface area contributed by atoms with Gasteiger partial charge in [0.1, 0.15) is 0 Å². The smallest absolute Gasteiger partial charge is 0.239 e. The van der Waals surface area contributed by atoms with Crippen molar-refractivity contribution in [2.45, 2.75) is 19.3 Å². The number of hydrogen-bond acceptors (Lipinski definition) is 6. The number of nitrogens with one attached hydrogen (secondary N) is 1. The topological polar surface area (TPSA) is 74.2 Å². The number of nitrogens with zero attached hydrogens (tertiary/aromatic N) is 5. The molecule has 0 bridgehead atoms. The number of anilines is 2. The van der Waals surface area contributed by atoms with Gasteiger partial charge in [0.05, 0.1) is 6.54 Å². The SMILES string of the molecule is O=C1CN(c2nc(Cl)nc(N3CCCCC3)n2)CCN1. The Kier molecular flexibility index (Phi) is 3.86. The van der Waals surface area contributed by atoms with E-state index in [4.69, 9.17) is 11.6 Å². The maximum absolute atomic E-state index is 11.5. The summed E-state index contributed by atoms with van der Waals surface area (Å²) in [5.41, 5.74) is 0. The van der Waals surface area contributed by atoms with Gasteiger partial charge in [0, 0.05) is 26.2 Å². The molecule has 2 fully saturated rings. The third-order valence-corrected chi connectivity index (χ3v) is 3.71. The predicted octanol–water partition coefficient (Wildman–Crippen LogP) is 0.451. The van der Waals surface area contributed by atoms with Crippen molar-refractivity contribution >= 4 is 29.4 Å². The molecule has 0 atom stereocenters. The number of rotatable bonds is 2. The van der Waals surface area contributed by atoms with E-state index in [0.717, 1.165) is 25.9 Å². The van der Waals surface area contributed by atoms with Gasteiger partial charge < -0.3 is 15.1 Å². The largest absolute Gasteiger partial charge is 0.353 e. The van der Waals surface area contributed by atoms with Crippen LogP contribution < -0.4 is 15.1 Å². The van der Waals surface area contributed by atoms with Gasteiger partial charge in [-0.2, -0.15) is 15.0 Å². The van der Waals surface area contributed by atoms with Crippen LogP contribution in [0.25, 0.3) is 0 Å². The fourth-order valence-corrected chi connectivity index (χ4v) is 2.67. The van der Waals surface area contributed by atoms with Crippen molar-refractivity contribution in [1.82, 2.24) is 20.3 Å². The summed E-state index contributed by atoms with van der Waals surface area (Å²) < 4.78 is 0. The fraction of sp³-hybridized carbons (Fsp3) is 0.667. The van der Waals surface area contributed by atoms with Crippen LogP contribution in [0, 0.1) is 0 Å². The molecule has 7 nitrogen and oxygen atoms in total. The van der Waals surface area contributed by atoms with Gasteiger partial charge in [-0.1, -0.05) is 0 Å². The number of piperidine rings is 1. The molecule has 0 saturated carbocycles. The van der Waals surface area contributed by atoms with E-state index in [1.54, 1.807) is 0 Å². The monoisotopic (exact) mass is 296 g/mol. The summed E-state index contributed by atoms with van der Waals surface area (Å²) in [6.07, 6.45) is 3.53. The molecule has 1 aromatic heterocycles. The average molecular weight is 297 g/mol. The fourth-order valence-electron chi connectivity index (χ4n) is 2.52. The van der Waals surface area contributed by atoms with Crippen LogP contribution in [-0.4, -0.2) is 53.6 Å². The van der Waals surface area contributed by atoms with Crippen molar-refractivity contribution < 1.29 is 4.79 Å². The average Bonchev–Trinajstić information content (AvgIpc) is 2.47. The molecule has 1 aromatic rings. The summed E-state index contributed by atoms with van der Waals surface area (Å²) in [4.78, 5) is 28.3. The molecule has 0 aliphatic carbocycles. The van der Waals surface area contributed by atoms with E-state index in [9.17, 15) is 4.79 Å². The van der Waals surface area contributed by atoms with Crippen LogP contribution in [0.2, 0.25) is 5.28 Å². The number of piperazine rings is 1. The molecule has 3 heterocycles. The predicted molar refractivity (Wildman–Crippen MR) is 76.1 cm³/mol. The second kappa shape index (κ2) is 5.78. The summed E-state index contributed by atoms with van der Waals surface area (Å²) in [5.74, 6) is 1.08. The molecule has 1 N–H and O–H groups in total. The van der Waals surface area contributed by atoms with Gasteiger partial charge >= 0.3 is 0 Å². The molecule has 1 amide bonds. The molecule has 0 aromatic carbocycles. The van der Waals surface area contributed by atoms with E-state index in [0.29, 0.717) is 25.0 Å². The molecule has 2 aliphatic heterocycles. The lowest BCUT2D eigenvalue weighted by Gasteiger charge is -2.29. The minimum absolute atomic E-state index is 0.0210. The molecule has 8 heteroatoms. The zero-order valence-electron chi connectivity index (χ0n) is 11.2. The van der Waals surface area contributed by atoms with Crippen LogP contribution in [0.1, 0.15) is 19.3 Å². The second-order valence-electron chi connectivity index (χ2n) is 5.02. The first-order chi connectivity index (χ1) is 9.72. The Morgan fingerprint density at radius 2 is 1.65 bits per heavy atom. The molecule has 20 heavy (non-hydrogen) atoms. The molecule has 0 unspecified atom stereocenters. The highest BCUT2D eigenvalue weighted by Gasteiger charge is 2.22. The summed E-state index contributed by atoms with van der Waals surface area (Å²) in [7, 11) is 0. The van der Waals surface area contributed by atoms with E-state index in [2.05, 4.69) is 25.2 Å². The number of hydrogen-bond donors (Lipinski definition) is 1. The Labute approximate surface area is 122 Å². The Bertz CT molecular complexity index is 505. The van der Waals surface area contributed by atoms with Crippen molar-refractivity contribution in [3.63, 3.8) is 0 Å². The Balaban J connectivity index is 1.83. The Hall–Kier alpha value is -1.63. The molecule has 0 radical (unpaired) electrons. The summed E-state index contributed by atoms with van der Waals surface area (Å²) in [6, 6.07) is 0. The third-order valence-electron chi connectivity index (χ3n) is 3.54. The lowest BCUT2D eigenvalue weighted by atomic mass is 10.1. The normalized spacial score (nSPS) is 19.9. The summed E-state index contributed by atoms with van der Waals surface area (Å²) in [5, 5.41) is 2.96. The van der Waals surface area contributed by atoms with Crippen molar-refractivity contribution in [2.24, 2.45) is 0 Å². The Morgan fingerprint density at radius 3 is 2.35 bits per heavy atom. The molecule has 0 spiro atoms. The maximum atomic E-state index is 11.5. The lowest BCUT2D eigenvalue weighted by Crippen LogP contribution is -2.48. The second-order valence-corrected chi connectivity index (χ2v) is 5.36. The number of amides is 1. The van der Waals surface area contributed by atoms with Gasteiger partial charge in [-0.25, -0.2) is 0 Å². The number of halogens is 1. The van der Waals surface area contributed by atoms with Crippen LogP contribution in [0.4, 0.5) is 11.9 Å². The molecule has 108 valence electrons. The molecule has 2 aliphatic rings. The Morgan fingerprint density at radius 1 is 0.950 bits per heavy atom. The van der Waals surface area contributed by atoms with Crippen molar-refractivity contribution in [3.05, 3.63) is 5.28 Å². The molecule has 2 saturated heterocycles. The first-order valence-corrected chi connectivity index (χ1v) is 7.28. The van der Waals surface area contributed by atoms with E-state index in [-0.39, 0.29) is 17.7 Å². The summed E-state index contributed by atoms with van der Waals surface area (Å²) >= 11 is 6.01. The van der Waals surface area contributed by atoms with Gasteiger partial charge in [-0.3, -0.25) is 4.79 Å². The van der Waals surface area contributed by atoms with E-state index in [1.807, 2.05) is 4.90 Å². The van der Waals surface area contributed by atoms with Gasteiger partial charge in [-0.15, -0.1) is 0 Å². The third kappa shape index (κ3) is 2.92. The van der Waals surface area contributed by atoms with Crippen molar-refractivity contribution in [1.29, 1.82) is 0 Å². The van der Waals surface area contributed by atoms with Crippen LogP contribution in [-0.2, 0) is 4.79 Å². The molecular formula is C12H17ClN6O. The van der Waals surface area contributed by atoms with E-state index < -0.39 is 0 Å². The zero-order valence-corrected chi connectivity index (χ0v) is 11.9. The molecular weight excluding hydrogens is 280 g/mol. The first-order valence-electron chi connectivity index (χ1n) is 6.90. The van der Waals surface area contributed by atoms with Crippen LogP contribution >= 0.6 is 11.6 Å². The molecule has 3 rings (SSSR count). The first kappa shape index (κ1) is 13.4. The van der Waals surface area contributed by atoms with Crippen LogP contribution in [0.5, 0.6) is 0 Å². The highest BCUT2D eigenvalue weighted by atomic mass is 35.5. The maximum Gasteiger partial charge on any atom is 0.239 e. The van der Waals surface area contributed by atoms with Gasteiger partial charge in [0.25, 0.3) is 0 Å². The zero-order chi connectivity index (χ0) is 13.9.